The first kappa shape index (κ1) is 15.9. The number of hydrogen-bond acceptors (Lipinski definition) is 6. The Morgan fingerprint density at radius 2 is 2.05 bits per heavy atom. The highest BCUT2D eigenvalue weighted by molar-refractivity contribution is 7.85. The molecule has 1 amide bonds. The first-order chi connectivity index (χ1) is 9.20. The zero-order chi connectivity index (χ0) is 15.3. The number of anilines is 1. The van der Waals surface area contributed by atoms with Crippen molar-refractivity contribution in [3.63, 3.8) is 0 Å². The first-order valence-electron chi connectivity index (χ1n) is 5.20. The van der Waals surface area contributed by atoms with E-state index in [1.54, 1.807) is 0 Å². The Morgan fingerprint density at radius 3 is 2.60 bits per heavy atom. The summed E-state index contributed by atoms with van der Waals surface area (Å²) in [6.45, 7) is -0.543. The number of amides is 1. The Hall–Kier alpha value is -2.17. The lowest BCUT2D eigenvalue weighted by Crippen LogP contribution is -2.36. The van der Waals surface area contributed by atoms with Gasteiger partial charge in [-0.2, -0.15) is 8.42 Å². The minimum absolute atomic E-state index is 0.0500. The lowest BCUT2D eigenvalue weighted by atomic mass is 10.3. The second-order valence-electron chi connectivity index (χ2n) is 3.67. The van der Waals surface area contributed by atoms with Crippen LogP contribution in [-0.2, 0) is 19.6 Å². The molecule has 0 aliphatic rings. The van der Waals surface area contributed by atoms with Gasteiger partial charge in [0.1, 0.15) is 12.6 Å². The zero-order valence-electron chi connectivity index (χ0n) is 10.0. The number of carbonyl (C=O) groups excluding carboxylic acids is 1. The van der Waals surface area contributed by atoms with Crippen LogP contribution < -0.4 is 11.1 Å². The lowest BCUT2D eigenvalue weighted by Gasteiger charge is -2.09. The fraction of sp³-hybridized carbons (Fsp3) is 0.200. The van der Waals surface area contributed by atoms with Gasteiger partial charge in [0, 0.05) is 5.69 Å². The van der Waals surface area contributed by atoms with E-state index in [9.17, 15) is 18.0 Å². The zero-order valence-corrected chi connectivity index (χ0v) is 10.8. The van der Waals surface area contributed by atoms with Crippen molar-refractivity contribution in [2.24, 2.45) is 5.73 Å². The third-order valence-corrected chi connectivity index (χ3v) is 2.94. The fourth-order valence-electron chi connectivity index (χ4n) is 1.12. The number of aliphatic carboxylic acids is 1. The van der Waals surface area contributed by atoms with Crippen LogP contribution in [0.1, 0.15) is 0 Å². The van der Waals surface area contributed by atoms with Gasteiger partial charge in [-0.05, 0) is 18.2 Å². The number of nitrogens with one attached hydrogen (secondary N) is 1. The van der Waals surface area contributed by atoms with Gasteiger partial charge in [-0.25, -0.2) is 4.79 Å². The SMILES string of the molecule is N[C@@H](COC(=O)Nc1cccc(S(=O)(=O)O)c1)C(=O)O. The summed E-state index contributed by atoms with van der Waals surface area (Å²) in [5, 5.41) is 10.6. The second-order valence-corrected chi connectivity index (χ2v) is 5.09. The van der Waals surface area contributed by atoms with Crippen molar-refractivity contribution >= 4 is 27.9 Å². The molecule has 5 N–H and O–H groups in total. The van der Waals surface area contributed by atoms with E-state index < -0.39 is 39.7 Å². The minimum atomic E-state index is -4.39. The Labute approximate surface area is 114 Å². The van der Waals surface area contributed by atoms with Crippen molar-refractivity contribution in [2.75, 3.05) is 11.9 Å². The van der Waals surface area contributed by atoms with Gasteiger partial charge in [-0.1, -0.05) is 6.07 Å². The molecule has 0 fully saturated rings. The van der Waals surface area contributed by atoms with Crippen LogP contribution in [0.3, 0.4) is 0 Å². The van der Waals surface area contributed by atoms with Crippen molar-refractivity contribution in [1.82, 2.24) is 0 Å². The van der Waals surface area contributed by atoms with Crippen molar-refractivity contribution < 1.29 is 32.4 Å². The second kappa shape index (κ2) is 6.32. The summed E-state index contributed by atoms with van der Waals surface area (Å²) in [7, 11) is -4.39. The molecule has 0 aliphatic heterocycles. The Bertz CT molecular complexity index is 614. The van der Waals surface area contributed by atoms with E-state index in [0.29, 0.717) is 0 Å². The molecule has 1 atom stereocenters. The molecule has 0 heterocycles. The average Bonchev–Trinajstić information content (AvgIpc) is 2.35. The third kappa shape index (κ3) is 4.84. The van der Waals surface area contributed by atoms with Crippen molar-refractivity contribution in [1.29, 1.82) is 0 Å². The van der Waals surface area contributed by atoms with Gasteiger partial charge in [-0.3, -0.25) is 14.7 Å². The van der Waals surface area contributed by atoms with Gasteiger partial charge in [0.2, 0.25) is 0 Å². The number of benzene rings is 1. The van der Waals surface area contributed by atoms with Crippen LogP contribution in [0.25, 0.3) is 0 Å². The molecular weight excluding hydrogens is 292 g/mol. The maximum atomic E-state index is 11.3. The first-order valence-corrected chi connectivity index (χ1v) is 6.64. The van der Waals surface area contributed by atoms with Crippen molar-refractivity contribution in [3.8, 4) is 0 Å². The smallest absolute Gasteiger partial charge is 0.411 e. The van der Waals surface area contributed by atoms with Gasteiger partial charge >= 0.3 is 12.1 Å². The molecule has 0 aromatic heterocycles. The van der Waals surface area contributed by atoms with Crippen LogP contribution in [-0.4, -0.2) is 42.8 Å². The normalized spacial score (nSPS) is 12.5. The number of hydrogen-bond donors (Lipinski definition) is 4. The van der Waals surface area contributed by atoms with Gasteiger partial charge in [-0.15, -0.1) is 0 Å². The maximum absolute atomic E-state index is 11.3. The molecule has 9 nitrogen and oxygen atoms in total. The van der Waals surface area contributed by atoms with Gasteiger partial charge in [0.15, 0.2) is 0 Å². The molecule has 0 spiro atoms. The van der Waals surface area contributed by atoms with Crippen LogP contribution in [0.4, 0.5) is 10.5 Å². The summed E-state index contributed by atoms with van der Waals surface area (Å²) in [5.74, 6) is -1.33. The van der Waals surface area contributed by atoms with E-state index >= 15 is 0 Å². The van der Waals surface area contributed by atoms with Crippen molar-refractivity contribution in [2.45, 2.75) is 10.9 Å². The largest absolute Gasteiger partial charge is 0.480 e. The molecule has 0 saturated carbocycles. The molecule has 110 valence electrons. The monoisotopic (exact) mass is 304 g/mol. The molecule has 0 radical (unpaired) electrons. The van der Waals surface area contributed by atoms with E-state index in [1.807, 2.05) is 0 Å². The molecule has 1 rings (SSSR count). The number of carbonyl (C=O) groups is 2. The number of nitrogens with two attached hydrogens (primary N) is 1. The highest BCUT2D eigenvalue weighted by Gasteiger charge is 2.15. The highest BCUT2D eigenvalue weighted by atomic mass is 32.2. The summed E-state index contributed by atoms with van der Waals surface area (Å²) in [6, 6.07) is 3.43. The van der Waals surface area contributed by atoms with E-state index in [-0.39, 0.29) is 5.69 Å². The van der Waals surface area contributed by atoms with E-state index in [2.05, 4.69) is 10.1 Å². The number of ether oxygens (including phenoxy) is 1. The average molecular weight is 304 g/mol. The Morgan fingerprint density at radius 1 is 1.40 bits per heavy atom. The molecule has 10 heteroatoms. The topological polar surface area (TPSA) is 156 Å². The van der Waals surface area contributed by atoms with Crippen LogP contribution >= 0.6 is 0 Å². The van der Waals surface area contributed by atoms with Crippen LogP contribution in [0.2, 0.25) is 0 Å². The Balaban J connectivity index is 2.65. The highest BCUT2D eigenvalue weighted by Crippen LogP contribution is 2.15. The third-order valence-electron chi connectivity index (χ3n) is 2.09. The van der Waals surface area contributed by atoms with E-state index in [4.69, 9.17) is 15.4 Å². The van der Waals surface area contributed by atoms with E-state index in [1.165, 1.54) is 12.1 Å². The van der Waals surface area contributed by atoms with Crippen LogP contribution in [0.5, 0.6) is 0 Å². The summed E-state index contributed by atoms with van der Waals surface area (Å²) in [6.07, 6.45) is -1.01. The fourth-order valence-corrected chi connectivity index (χ4v) is 1.65. The summed E-state index contributed by atoms with van der Waals surface area (Å²) >= 11 is 0. The summed E-state index contributed by atoms with van der Waals surface area (Å²) < 4.78 is 35.1. The summed E-state index contributed by atoms with van der Waals surface area (Å²) in [5.41, 5.74) is 5.17. The Kier molecular flexibility index (Phi) is 5.02. The number of carboxylic acid groups (broad SMARTS) is 1. The quantitative estimate of drug-likeness (QED) is 0.549. The van der Waals surface area contributed by atoms with E-state index in [0.717, 1.165) is 12.1 Å². The number of rotatable bonds is 5. The molecule has 0 bridgehead atoms. The van der Waals surface area contributed by atoms with Crippen LogP contribution in [0.15, 0.2) is 29.2 Å². The van der Waals surface area contributed by atoms with Crippen LogP contribution in [0, 0.1) is 0 Å². The maximum Gasteiger partial charge on any atom is 0.411 e. The predicted molar refractivity (Wildman–Crippen MR) is 66.8 cm³/mol. The minimum Gasteiger partial charge on any atom is -0.480 e. The molecule has 0 saturated heterocycles. The summed E-state index contributed by atoms with van der Waals surface area (Å²) in [4.78, 5) is 21.3. The van der Waals surface area contributed by atoms with Gasteiger partial charge in [0.05, 0.1) is 4.90 Å². The van der Waals surface area contributed by atoms with Gasteiger partial charge < -0.3 is 15.6 Å². The number of carboxylic acids is 1. The van der Waals surface area contributed by atoms with Crippen molar-refractivity contribution in [3.05, 3.63) is 24.3 Å². The molecule has 0 unspecified atom stereocenters. The predicted octanol–water partition coefficient (Wildman–Crippen LogP) is -0.106. The molecular formula is C10H12N2O7S. The van der Waals surface area contributed by atoms with Gasteiger partial charge in [0.25, 0.3) is 10.1 Å². The molecule has 1 aromatic rings. The lowest BCUT2D eigenvalue weighted by molar-refractivity contribution is -0.139. The molecule has 20 heavy (non-hydrogen) atoms. The standard InChI is InChI=1S/C10H12N2O7S/c11-8(9(13)14)5-19-10(15)12-6-2-1-3-7(4-6)20(16,17)18/h1-4,8H,5,11H2,(H,12,15)(H,13,14)(H,16,17,18)/t8-/m0/s1. The molecule has 0 aliphatic carbocycles. The molecule has 1 aromatic carbocycles.